The summed E-state index contributed by atoms with van der Waals surface area (Å²) in [5.41, 5.74) is 0. The van der Waals surface area contributed by atoms with Crippen molar-refractivity contribution in [2.24, 2.45) is 0 Å². The zero-order chi connectivity index (χ0) is 10.2. The first-order chi connectivity index (χ1) is 6.86. The molecule has 1 unspecified atom stereocenters. The first kappa shape index (κ1) is 11.9. The molecule has 0 fully saturated rings. The number of thioether (sulfide) groups is 1. The van der Waals surface area contributed by atoms with Gasteiger partial charge in [-0.25, -0.2) is 0 Å². The third kappa shape index (κ3) is 4.39. The summed E-state index contributed by atoms with van der Waals surface area (Å²) in [6.07, 6.45) is 3.75. The molecular formula is C12H17ClS. The van der Waals surface area contributed by atoms with Crippen LogP contribution in [0.3, 0.4) is 0 Å². The van der Waals surface area contributed by atoms with E-state index in [4.69, 9.17) is 11.6 Å². The van der Waals surface area contributed by atoms with Gasteiger partial charge < -0.3 is 0 Å². The molecule has 0 saturated carbocycles. The zero-order valence-corrected chi connectivity index (χ0v) is 10.2. The summed E-state index contributed by atoms with van der Waals surface area (Å²) in [4.78, 5) is 1.33. The van der Waals surface area contributed by atoms with Gasteiger partial charge >= 0.3 is 0 Å². The third-order valence-corrected chi connectivity index (χ3v) is 3.93. The van der Waals surface area contributed by atoms with Crippen molar-refractivity contribution in [1.29, 1.82) is 0 Å². The van der Waals surface area contributed by atoms with E-state index in [1.54, 1.807) is 0 Å². The van der Waals surface area contributed by atoms with Crippen molar-refractivity contribution >= 4 is 23.4 Å². The van der Waals surface area contributed by atoms with Crippen LogP contribution in [0.5, 0.6) is 0 Å². The van der Waals surface area contributed by atoms with E-state index in [-0.39, 0.29) is 0 Å². The summed E-state index contributed by atoms with van der Waals surface area (Å²) in [5, 5.41) is 0.569. The maximum Gasteiger partial charge on any atom is 0.0346 e. The summed E-state index contributed by atoms with van der Waals surface area (Å²) >= 11 is 7.83. The van der Waals surface area contributed by atoms with Crippen LogP contribution in [0.1, 0.15) is 26.2 Å². The average Bonchev–Trinajstić information content (AvgIpc) is 2.25. The SMILES string of the molecule is CCCCC(CCl)Sc1ccccc1. The van der Waals surface area contributed by atoms with Gasteiger partial charge in [0.1, 0.15) is 0 Å². The molecule has 0 aliphatic rings. The van der Waals surface area contributed by atoms with Crippen LogP contribution in [0.4, 0.5) is 0 Å². The maximum atomic E-state index is 5.93. The van der Waals surface area contributed by atoms with Crippen molar-refractivity contribution < 1.29 is 0 Å². The molecule has 0 heterocycles. The molecule has 0 spiro atoms. The second-order valence-electron chi connectivity index (χ2n) is 3.35. The molecule has 1 atom stereocenters. The fourth-order valence-corrected chi connectivity index (χ4v) is 2.68. The Morgan fingerprint density at radius 3 is 2.57 bits per heavy atom. The van der Waals surface area contributed by atoms with Crippen molar-refractivity contribution in [2.75, 3.05) is 5.88 Å². The molecule has 1 aromatic rings. The first-order valence-corrected chi connectivity index (χ1v) is 6.56. The van der Waals surface area contributed by atoms with Gasteiger partial charge in [-0.2, -0.15) is 0 Å². The maximum absolute atomic E-state index is 5.93. The van der Waals surface area contributed by atoms with E-state index in [0.29, 0.717) is 5.25 Å². The predicted octanol–water partition coefficient (Wildman–Crippen LogP) is 4.58. The van der Waals surface area contributed by atoms with Crippen LogP contribution in [0, 0.1) is 0 Å². The van der Waals surface area contributed by atoms with E-state index in [2.05, 4.69) is 31.2 Å². The molecule has 0 saturated heterocycles. The normalized spacial score (nSPS) is 12.7. The molecule has 0 bridgehead atoms. The van der Waals surface area contributed by atoms with Gasteiger partial charge in [-0.05, 0) is 18.6 Å². The molecule has 0 aliphatic heterocycles. The van der Waals surface area contributed by atoms with E-state index in [0.717, 1.165) is 5.88 Å². The Morgan fingerprint density at radius 2 is 2.00 bits per heavy atom. The number of hydrogen-bond donors (Lipinski definition) is 0. The highest BCUT2D eigenvalue weighted by molar-refractivity contribution is 8.00. The number of hydrogen-bond acceptors (Lipinski definition) is 1. The molecule has 0 radical (unpaired) electrons. The topological polar surface area (TPSA) is 0 Å². The summed E-state index contributed by atoms with van der Waals surface area (Å²) in [6, 6.07) is 10.5. The Kier molecular flexibility index (Phi) is 6.13. The van der Waals surface area contributed by atoms with Gasteiger partial charge in [0.15, 0.2) is 0 Å². The average molecular weight is 229 g/mol. The van der Waals surface area contributed by atoms with Gasteiger partial charge in [-0.3, -0.25) is 0 Å². The van der Waals surface area contributed by atoms with E-state index in [1.165, 1.54) is 24.2 Å². The first-order valence-electron chi connectivity index (χ1n) is 5.14. The molecule has 14 heavy (non-hydrogen) atoms. The van der Waals surface area contributed by atoms with Crippen LogP contribution in [-0.4, -0.2) is 11.1 Å². The number of rotatable bonds is 6. The van der Waals surface area contributed by atoms with Crippen LogP contribution < -0.4 is 0 Å². The lowest BCUT2D eigenvalue weighted by molar-refractivity contribution is 0.716. The smallest absolute Gasteiger partial charge is 0.0346 e. The number of benzene rings is 1. The standard InChI is InChI=1S/C12H17ClS/c1-2-3-7-12(10-13)14-11-8-5-4-6-9-11/h4-6,8-9,12H,2-3,7,10H2,1H3. The summed E-state index contributed by atoms with van der Waals surface area (Å²) in [5.74, 6) is 0.750. The second-order valence-corrected chi connectivity index (χ2v) is 5.03. The summed E-state index contributed by atoms with van der Waals surface area (Å²) in [7, 11) is 0. The van der Waals surface area contributed by atoms with Crippen LogP contribution in [0.15, 0.2) is 35.2 Å². The Balaban J connectivity index is 2.40. The molecule has 0 aliphatic carbocycles. The van der Waals surface area contributed by atoms with E-state index in [9.17, 15) is 0 Å². The van der Waals surface area contributed by atoms with Crippen LogP contribution >= 0.6 is 23.4 Å². The highest BCUT2D eigenvalue weighted by Crippen LogP contribution is 2.27. The Morgan fingerprint density at radius 1 is 1.29 bits per heavy atom. The van der Waals surface area contributed by atoms with Crippen molar-refractivity contribution in [3.05, 3.63) is 30.3 Å². The summed E-state index contributed by atoms with van der Waals surface area (Å²) in [6.45, 7) is 2.22. The molecule has 0 amide bonds. The van der Waals surface area contributed by atoms with Gasteiger partial charge in [-0.1, -0.05) is 38.0 Å². The van der Waals surface area contributed by atoms with Crippen molar-refractivity contribution in [3.63, 3.8) is 0 Å². The predicted molar refractivity (Wildman–Crippen MR) is 66.3 cm³/mol. The van der Waals surface area contributed by atoms with Crippen LogP contribution in [-0.2, 0) is 0 Å². The lowest BCUT2D eigenvalue weighted by atomic mass is 10.2. The molecule has 78 valence electrons. The molecule has 0 nitrogen and oxygen atoms in total. The minimum absolute atomic E-state index is 0.569. The van der Waals surface area contributed by atoms with E-state index < -0.39 is 0 Å². The minimum Gasteiger partial charge on any atom is -0.125 e. The highest BCUT2D eigenvalue weighted by atomic mass is 35.5. The van der Waals surface area contributed by atoms with E-state index >= 15 is 0 Å². The fraction of sp³-hybridized carbons (Fsp3) is 0.500. The molecule has 0 aromatic heterocycles. The van der Waals surface area contributed by atoms with E-state index in [1.807, 2.05) is 17.8 Å². The van der Waals surface area contributed by atoms with Gasteiger partial charge in [0, 0.05) is 16.0 Å². The Labute approximate surface area is 96.0 Å². The van der Waals surface area contributed by atoms with Gasteiger partial charge in [0.2, 0.25) is 0 Å². The molecule has 0 N–H and O–H groups in total. The quantitative estimate of drug-likeness (QED) is 0.508. The fourth-order valence-electron chi connectivity index (χ4n) is 1.29. The lowest BCUT2D eigenvalue weighted by Crippen LogP contribution is -2.03. The molecule has 1 aromatic carbocycles. The van der Waals surface area contributed by atoms with Crippen LogP contribution in [0.2, 0.25) is 0 Å². The highest BCUT2D eigenvalue weighted by Gasteiger charge is 2.07. The monoisotopic (exact) mass is 228 g/mol. The third-order valence-electron chi connectivity index (χ3n) is 2.10. The van der Waals surface area contributed by atoms with Crippen LogP contribution in [0.25, 0.3) is 0 Å². The summed E-state index contributed by atoms with van der Waals surface area (Å²) < 4.78 is 0. The largest absolute Gasteiger partial charge is 0.125 e. The van der Waals surface area contributed by atoms with Crippen molar-refractivity contribution in [3.8, 4) is 0 Å². The zero-order valence-electron chi connectivity index (χ0n) is 8.58. The minimum atomic E-state index is 0.569. The van der Waals surface area contributed by atoms with Crippen molar-refractivity contribution in [1.82, 2.24) is 0 Å². The number of alkyl halides is 1. The number of halogens is 1. The Hall–Kier alpha value is -0.140. The number of unbranched alkanes of at least 4 members (excludes halogenated alkanes) is 1. The Bertz CT molecular complexity index is 235. The van der Waals surface area contributed by atoms with Crippen molar-refractivity contribution in [2.45, 2.75) is 36.3 Å². The molecule has 2 heteroatoms. The molecular weight excluding hydrogens is 212 g/mol. The van der Waals surface area contributed by atoms with Gasteiger partial charge in [0.05, 0.1) is 0 Å². The molecule has 1 rings (SSSR count). The lowest BCUT2D eigenvalue weighted by Gasteiger charge is -2.12. The van der Waals surface area contributed by atoms with Gasteiger partial charge in [-0.15, -0.1) is 23.4 Å². The van der Waals surface area contributed by atoms with Gasteiger partial charge in [0.25, 0.3) is 0 Å². The second kappa shape index (κ2) is 7.19.